The van der Waals surface area contributed by atoms with E-state index in [4.69, 9.17) is 0 Å². The third-order valence-corrected chi connectivity index (χ3v) is 4.19. The summed E-state index contributed by atoms with van der Waals surface area (Å²) < 4.78 is 42.4. The Kier molecular flexibility index (Phi) is 4.04. The molecule has 3 nitrogen and oxygen atoms in total. The van der Waals surface area contributed by atoms with E-state index < -0.39 is 15.1 Å². The summed E-state index contributed by atoms with van der Waals surface area (Å²) in [7, 11) is -4.24. The summed E-state index contributed by atoms with van der Waals surface area (Å²) in [6.07, 6.45) is -0.181. The molecule has 0 aliphatic rings. The lowest BCUT2D eigenvalue weighted by molar-refractivity contribution is 0.215. The first-order chi connectivity index (χ1) is 7.48. The minimum atomic E-state index is -4.24. The molecule has 1 unspecified atom stereocenters. The zero-order valence-corrected chi connectivity index (χ0v) is 10.1. The van der Waals surface area contributed by atoms with Gasteiger partial charge in [0.1, 0.15) is 0 Å². The highest BCUT2D eigenvalue weighted by Crippen LogP contribution is 2.36. The molecule has 0 heterocycles. The van der Waals surface area contributed by atoms with Gasteiger partial charge in [-0.2, -0.15) is 8.42 Å². The van der Waals surface area contributed by atoms with Gasteiger partial charge in [-0.1, -0.05) is 37.3 Å². The Labute approximate surface area is 95.4 Å². The smallest absolute Gasteiger partial charge is 0.268 e. The minimum Gasteiger partial charge on any atom is -0.268 e. The predicted octanol–water partition coefficient (Wildman–Crippen LogP) is 2.59. The van der Waals surface area contributed by atoms with Gasteiger partial charge in [-0.15, -0.1) is 0 Å². The molecule has 5 heteroatoms. The molecule has 0 saturated heterocycles. The minimum absolute atomic E-state index is 0.0686. The highest BCUT2D eigenvalue weighted by atomic mass is 32.2. The van der Waals surface area contributed by atoms with Gasteiger partial charge >= 0.3 is 10.1 Å². The van der Waals surface area contributed by atoms with Crippen molar-refractivity contribution < 1.29 is 17.0 Å². The van der Waals surface area contributed by atoms with Crippen molar-refractivity contribution in [1.82, 2.24) is 0 Å². The molecule has 0 aliphatic carbocycles. The molecule has 0 aromatic heterocycles. The number of rotatable bonds is 5. The molecule has 1 rings (SSSR count). The zero-order chi connectivity index (χ0) is 12.2. The fourth-order valence-electron chi connectivity index (χ4n) is 1.46. The van der Waals surface area contributed by atoms with Gasteiger partial charge in [-0.05, 0) is 13.3 Å². The summed E-state index contributed by atoms with van der Waals surface area (Å²) in [5.74, 6) is 0. The molecule has 0 aliphatic heterocycles. The highest BCUT2D eigenvalue weighted by molar-refractivity contribution is 7.87. The molecular weight excluding hydrogens is 231 g/mol. The molecular formula is C11H15FO3S. The maximum atomic E-state index is 14.5. The molecule has 0 saturated carbocycles. The largest absolute Gasteiger partial charge is 0.307 e. The Hall–Kier alpha value is -0.940. The molecule has 0 fully saturated rings. The number of alkyl halides is 1. The van der Waals surface area contributed by atoms with Crippen molar-refractivity contribution >= 4 is 10.1 Å². The number of halogens is 1. The molecule has 0 bridgehead atoms. The van der Waals surface area contributed by atoms with Gasteiger partial charge < -0.3 is 0 Å². The standard InChI is InChI=1S/C11H15FO3S/c1-3-11(12,16(13,14)15-4-2)10-8-6-5-7-9-10/h5-9H,3-4H2,1-2H3. The number of hydrogen-bond acceptors (Lipinski definition) is 3. The van der Waals surface area contributed by atoms with Crippen LogP contribution in [-0.4, -0.2) is 15.0 Å². The Morgan fingerprint density at radius 1 is 1.25 bits per heavy atom. The van der Waals surface area contributed by atoms with Crippen LogP contribution >= 0.6 is 0 Å². The van der Waals surface area contributed by atoms with Crippen molar-refractivity contribution in [2.24, 2.45) is 0 Å². The summed E-state index contributed by atoms with van der Waals surface area (Å²) in [6.45, 7) is 2.92. The summed E-state index contributed by atoms with van der Waals surface area (Å²) in [5.41, 5.74) is 0.103. The lowest BCUT2D eigenvalue weighted by atomic mass is 10.1. The maximum Gasteiger partial charge on any atom is 0.307 e. The van der Waals surface area contributed by atoms with E-state index in [-0.39, 0.29) is 18.6 Å². The average molecular weight is 246 g/mol. The van der Waals surface area contributed by atoms with E-state index in [0.717, 1.165) is 0 Å². The van der Waals surface area contributed by atoms with E-state index >= 15 is 0 Å². The van der Waals surface area contributed by atoms with Gasteiger partial charge in [0.05, 0.1) is 6.61 Å². The first-order valence-electron chi connectivity index (χ1n) is 5.11. The summed E-state index contributed by atoms with van der Waals surface area (Å²) in [6, 6.07) is 7.79. The fourth-order valence-corrected chi connectivity index (χ4v) is 2.74. The maximum absolute atomic E-state index is 14.5. The molecule has 1 atom stereocenters. The van der Waals surface area contributed by atoms with Crippen LogP contribution in [0.5, 0.6) is 0 Å². The van der Waals surface area contributed by atoms with E-state index in [1.54, 1.807) is 18.2 Å². The second-order valence-electron chi connectivity index (χ2n) is 3.31. The van der Waals surface area contributed by atoms with E-state index in [1.165, 1.54) is 26.0 Å². The van der Waals surface area contributed by atoms with Crippen molar-refractivity contribution in [2.45, 2.75) is 25.3 Å². The summed E-state index contributed by atoms with van der Waals surface area (Å²) in [5, 5.41) is -2.47. The van der Waals surface area contributed by atoms with Crippen molar-refractivity contribution in [2.75, 3.05) is 6.61 Å². The first kappa shape index (κ1) is 13.1. The van der Waals surface area contributed by atoms with Gasteiger partial charge in [-0.25, -0.2) is 4.39 Å². The molecule has 0 spiro atoms. The predicted molar refractivity (Wildman–Crippen MR) is 60.1 cm³/mol. The van der Waals surface area contributed by atoms with Crippen LogP contribution in [0, 0.1) is 0 Å². The third kappa shape index (κ3) is 2.25. The lowest BCUT2D eigenvalue weighted by Gasteiger charge is -2.23. The molecule has 0 N–H and O–H groups in total. The van der Waals surface area contributed by atoms with Gasteiger partial charge in [0.15, 0.2) is 0 Å². The second kappa shape index (κ2) is 4.93. The third-order valence-electron chi connectivity index (χ3n) is 2.33. The van der Waals surface area contributed by atoms with Gasteiger partial charge in [0.25, 0.3) is 5.00 Å². The van der Waals surface area contributed by atoms with Crippen LogP contribution < -0.4 is 0 Å². The summed E-state index contributed by atoms with van der Waals surface area (Å²) in [4.78, 5) is 0. The van der Waals surface area contributed by atoms with E-state index in [0.29, 0.717) is 0 Å². The number of benzene rings is 1. The van der Waals surface area contributed by atoms with E-state index in [9.17, 15) is 12.8 Å². The Morgan fingerprint density at radius 2 is 1.81 bits per heavy atom. The monoisotopic (exact) mass is 246 g/mol. The van der Waals surface area contributed by atoms with Gasteiger partial charge in [0, 0.05) is 5.56 Å². The van der Waals surface area contributed by atoms with Crippen LogP contribution in [0.2, 0.25) is 0 Å². The zero-order valence-electron chi connectivity index (χ0n) is 9.31. The molecule has 16 heavy (non-hydrogen) atoms. The van der Waals surface area contributed by atoms with Crippen LogP contribution in [0.1, 0.15) is 25.8 Å². The van der Waals surface area contributed by atoms with Crippen LogP contribution in [0.3, 0.4) is 0 Å². The topological polar surface area (TPSA) is 43.4 Å². The van der Waals surface area contributed by atoms with E-state index in [1.807, 2.05) is 0 Å². The second-order valence-corrected chi connectivity index (χ2v) is 5.10. The first-order valence-corrected chi connectivity index (χ1v) is 6.52. The molecule has 1 aromatic carbocycles. The van der Waals surface area contributed by atoms with Crippen LogP contribution in [0.4, 0.5) is 4.39 Å². The van der Waals surface area contributed by atoms with Crippen LogP contribution in [0.15, 0.2) is 30.3 Å². The van der Waals surface area contributed by atoms with Crippen molar-refractivity contribution in [1.29, 1.82) is 0 Å². The highest BCUT2D eigenvalue weighted by Gasteiger charge is 2.45. The van der Waals surface area contributed by atoms with Gasteiger partial charge in [0.2, 0.25) is 0 Å². The van der Waals surface area contributed by atoms with Crippen molar-refractivity contribution in [3.05, 3.63) is 35.9 Å². The Morgan fingerprint density at radius 3 is 2.25 bits per heavy atom. The number of hydrogen-bond donors (Lipinski definition) is 0. The van der Waals surface area contributed by atoms with Crippen molar-refractivity contribution in [3.8, 4) is 0 Å². The molecule has 90 valence electrons. The fraction of sp³-hybridized carbons (Fsp3) is 0.455. The Balaban J connectivity index is 3.23. The van der Waals surface area contributed by atoms with Crippen molar-refractivity contribution in [3.63, 3.8) is 0 Å². The molecule has 0 amide bonds. The van der Waals surface area contributed by atoms with E-state index in [2.05, 4.69) is 4.18 Å². The van der Waals surface area contributed by atoms with Gasteiger partial charge in [-0.3, -0.25) is 4.18 Å². The lowest BCUT2D eigenvalue weighted by Crippen LogP contribution is -2.32. The van der Waals surface area contributed by atoms with Crippen LogP contribution in [-0.2, 0) is 19.3 Å². The Bertz CT molecular complexity index is 430. The normalized spacial score (nSPS) is 15.7. The SMILES string of the molecule is CCOS(=O)(=O)C(F)(CC)c1ccccc1. The molecule has 1 aromatic rings. The quantitative estimate of drug-likeness (QED) is 0.750. The van der Waals surface area contributed by atoms with Crippen LogP contribution in [0.25, 0.3) is 0 Å². The molecule has 0 radical (unpaired) electrons. The average Bonchev–Trinajstić information content (AvgIpc) is 2.29. The summed E-state index contributed by atoms with van der Waals surface area (Å²) >= 11 is 0.